The van der Waals surface area contributed by atoms with Crippen molar-refractivity contribution in [2.45, 2.75) is 44.8 Å². The van der Waals surface area contributed by atoms with Crippen molar-refractivity contribution < 1.29 is 4.39 Å². The molecule has 1 N–H and O–H groups in total. The molecule has 1 fully saturated rings. The van der Waals surface area contributed by atoms with Crippen molar-refractivity contribution in [1.82, 2.24) is 14.9 Å². The number of rotatable bonds is 4. The fourth-order valence-corrected chi connectivity index (χ4v) is 3.10. The number of hydrogen-bond donors (Lipinski definition) is 1. The minimum atomic E-state index is -1.15. The maximum Gasteiger partial charge on any atom is 0.130 e. The molecule has 0 amide bonds. The minimum absolute atomic E-state index is 0.411. The lowest BCUT2D eigenvalue weighted by Crippen LogP contribution is -2.44. The lowest BCUT2D eigenvalue weighted by molar-refractivity contribution is 0.119. The Labute approximate surface area is 119 Å². The van der Waals surface area contributed by atoms with Gasteiger partial charge < -0.3 is 9.88 Å². The first-order valence-corrected chi connectivity index (χ1v) is 7.56. The molecule has 0 saturated carbocycles. The lowest BCUT2D eigenvalue weighted by atomic mass is 9.92. The summed E-state index contributed by atoms with van der Waals surface area (Å²) < 4.78 is 17.1. The van der Waals surface area contributed by atoms with Crippen molar-refractivity contribution in [2.24, 2.45) is 0 Å². The summed E-state index contributed by atoms with van der Waals surface area (Å²) in [6, 6.07) is 8.09. The third-order valence-electron chi connectivity index (χ3n) is 4.08. The highest BCUT2D eigenvalue weighted by atomic mass is 19.1. The van der Waals surface area contributed by atoms with Gasteiger partial charge in [-0.25, -0.2) is 9.37 Å². The Balaban J connectivity index is 1.95. The maximum absolute atomic E-state index is 14.9. The van der Waals surface area contributed by atoms with Crippen molar-refractivity contribution in [1.29, 1.82) is 0 Å². The quantitative estimate of drug-likeness (QED) is 0.929. The number of halogens is 1. The molecule has 0 spiro atoms. The van der Waals surface area contributed by atoms with Crippen molar-refractivity contribution in [3.8, 4) is 0 Å². The van der Waals surface area contributed by atoms with Crippen LogP contribution >= 0.6 is 0 Å². The van der Waals surface area contributed by atoms with E-state index in [0.29, 0.717) is 19.4 Å². The molecule has 20 heavy (non-hydrogen) atoms. The fourth-order valence-electron chi connectivity index (χ4n) is 3.10. The molecule has 1 atom stereocenters. The standard InChI is InChI=1S/C16H22FN3/c1-2-10-20-14-7-4-3-6-13(14)19-15(20)11-16(17)8-5-9-18-12-16/h3-4,6-7,18H,2,5,8-12H2,1H3. The van der Waals surface area contributed by atoms with Gasteiger partial charge in [-0.05, 0) is 37.9 Å². The Hall–Kier alpha value is -1.42. The van der Waals surface area contributed by atoms with Crippen LogP contribution in [0.15, 0.2) is 24.3 Å². The Kier molecular flexibility index (Phi) is 3.74. The summed E-state index contributed by atoms with van der Waals surface area (Å²) in [7, 11) is 0. The van der Waals surface area contributed by atoms with E-state index in [1.165, 1.54) is 0 Å². The average molecular weight is 275 g/mol. The van der Waals surface area contributed by atoms with E-state index >= 15 is 0 Å². The van der Waals surface area contributed by atoms with Crippen LogP contribution in [0.4, 0.5) is 4.39 Å². The predicted octanol–water partition coefficient (Wildman–Crippen LogP) is 3.08. The van der Waals surface area contributed by atoms with Crippen LogP contribution < -0.4 is 5.32 Å². The second kappa shape index (κ2) is 5.52. The Morgan fingerprint density at radius 3 is 3.00 bits per heavy atom. The van der Waals surface area contributed by atoms with E-state index in [1.54, 1.807) is 0 Å². The van der Waals surface area contributed by atoms with Crippen LogP contribution in [0.2, 0.25) is 0 Å². The summed E-state index contributed by atoms with van der Waals surface area (Å²) in [5, 5.41) is 3.17. The van der Waals surface area contributed by atoms with Gasteiger partial charge in [0, 0.05) is 19.5 Å². The van der Waals surface area contributed by atoms with Gasteiger partial charge in [0.05, 0.1) is 11.0 Å². The van der Waals surface area contributed by atoms with E-state index in [9.17, 15) is 4.39 Å². The highest BCUT2D eigenvalue weighted by Gasteiger charge is 2.33. The molecule has 1 aromatic carbocycles. The zero-order chi connectivity index (χ0) is 14.0. The Morgan fingerprint density at radius 2 is 2.25 bits per heavy atom. The van der Waals surface area contributed by atoms with Gasteiger partial charge in [0.1, 0.15) is 11.5 Å². The second-order valence-electron chi connectivity index (χ2n) is 5.78. The largest absolute Gasteiger partial charge is 0.328 e. The first-order chi connectivity index (χ1) is 9.72. The van der Waals surface area contributed by atoms with Crippen molar-refractivity contribution in [3.05, 3.63) is 30.1 Å². The van der Waals surface area contributed by atoms with Gasteiger partial charge in [0.25, 0.3) is 0 Å². The number of imidazole rings is 1. The molecule has 2 aromatic rings. The molecule has 108 valence electrons. The maximum atomic E-state index is 14.9. The number of nitrogens with zero attached hydrogens (tertiary/aromatic N) is 2. The number of aryl methyl sites for hydroxylation is 1. The van der Waals surface area contributed by atoms with Crippen LogP contribution in [0.1, 0.15) is 32.0 Å². The number of para-hydroxylation sites is 2. The number of fused-ring (bicyclic) bond motifs is 1. The SMILES string of the molecule is CCCn1c(CC2(F)CCCNC2)nc2ccccc21. The summed E-state index contributed by atoms with van der Waals surface area (Å²) in [6.07, 6.45) is 2.99. The molecule has 0 radical (unpaired) electrons. The van der Waals surface area contributed by atoms with Gasteiger partial charge in [-0.2, -0.15) is 0 Å². The summed E-state index contributed by atoms with van der Waals surface area (Å²) >= 11 is 0. The number of nitrogens with one attached hydrogen (secondary N) is 1. The zero-order valence-corrected chi connectivity index (χ0v) is 12.0. The molecule has 1 aromatic heterocycles. The van der Waals surface area contributed by atoms with Gasteiger partial charge in [-0.3, -0.25) is 0 Å². The monoisotopic (exact) mass is 275 g/mol. The Bertz CT molecular complexity index is 584. The normalized spacial score (nSPS) is 23.3. The molecule has 1 unspecified atom stereocenters. The van der Waals surface area contributed by atoms with Crippen LogP contribution in [0.5, 0.6) is 0 Å². The first kappa shape index (κ1) is 13.6. The zero-order valence-electron chi connectivity index (χ0n) is 12.0. The van der Waals surface area contributed by atoms with E-state index in [1.807, 2.05) is 18.2 Å². The minimum Gasteiger partial charge on any atom is -0.328 e. The van der Waals surface area contributed by atoms with E-state index in [4.69, 9.17) is 0 Å². The smallest absolute Gasteiger partial charge is 0.130 e. The molecule has 3 rings (SSSR count). The fraction of sp³-hybridized carbons (Fsp3) is 0.562. The van der Waals surface area contributed by atoms with Gasteiger partial charge in [0.15, 0.2) is 0 Å². The molecule has 0 bridgehead atoms. The summed E-state index contributed by atoms with van der Waals surface area (Å²) in [4.78, 5) is 4.67. The van der Waals surface area contributed by atoms with Crippen LogP contribution in [0.25, 0.3) is 11.0 Å². The van der Waals surface area contributed by atoms with E-state index in [0.717, 1.165) is 42.8 Å². The summed E-state index contributed by atoms with van der Waals surface area (Å²) in [5.74, 6) is 0.888. The average Bonchev–Trinajstić information content (AvgIpc) is 2.77. The molecule has 0 aliphatic carbocycles. The number of alkyl halides is 1. The summed E-state index contributed by atoms with van der Waals surface area (Å²) in [6.45, 7) is 4.42. The second-order valence-corrected chi connectivity index (χ2v) is 5.78. The molecule has 1 aliphatic heterocycles. The van der Waals surface area contributed by atoms with E-state index < -0.39 is 5.67 Å². The summed E-state index contributed by atoms with van der Waals surface area (Å²) in [5.41, 5.74) is 0.950. The topological polar surface area (TPSA) is 29.9 Å². The molecule has 4 heteroatoms. The van der Waals surface area contributed by atoms with Gasteiger partial charge >= 0.3 is 0 Å². The van der Waals surface area contributed by atoms with Gasteiger partial charge in [0.2, 0.25) is 0 Å². The molecular weight excluding hydrogens is 253 g/mol. The molecule has 1 saturated heterocycles. The lowest BCUT2D eigenvalue weighted by Gasteiger charge is -2.30. The van der Waals surface area contributed by atoms with Crippen molar-refractivity contribution in [3.63, 3.8) is 0 Å². The molecule has 3 nitrogen and oxygen atoms in total. The van der Waals surface area contributed by atoms with Crippen LogP contribution in [-0.2, 0) is 13.0 Å². The number of aromatic nitrogens is 2. The highest BCUT2D eigenvalue weighted by Crippen LogP contribution is 2.27. The van der Waals surface area contributed by atoms with Crippen molar-refractivity contribution in [2.75, 3.05) is 13.1 Å². The number of hydrogen-bond acceptors (Lipinski definition) is 2. The van der Waals surface area contributed by atoms with Gasteiger partial charge in [-0.1, -0.05) is 19.1 Å². The van der Waals surface area contributed by atoms with Gasteiger partial charge in [-0.15, -0.1) is 0 Å². The van der Waals surface area contributed by atoms with E-state index in [-0.39, 0.29) is 0 Å². The third-order valence-corrected chi connectivity index (χ3v) is 4.08. The Morgan fingerprint density at radius 1 is 1.40 bits per heavy atom. The predicted molar refractivity (Wildman–Crippen MR) is 79.7 cm³/mol. The van der Waals surface area contributed by atoms with Crippen LogP contribution in [0.3, 0.4) is 0 Å². The molecule has 2 heterocycles. The van der Waals surface area contributed by atoms with Crippen LogP contribution in [-0.4, -0.2) is 28.3 Å². The number of piperidine rings is 1. The van der Waals surface area contributed by atoms with Crippen molar-refractivity contribution >= 4 is 11.0 Å². The molecular formula is C16H22FN3. The third kappa shape index (κ3) is 2.57. The highest BCUT2D eigenvalue weighted by molar-refractivity contribution is 5.75. The van der Waals surface area contributed by atoms with Crippen LogP contribution in [0, 0.1) is 0 Å². The molecule has 1 aliphatic rings. The van der Waals surface area contributed by atoms with E-state index in [2.05, 4.69) is 27.9 Å². The number of benzene rings is 1. The first-order valence-electron chi connectivity index (χ1n) is 7.56.